The van der Waals surface area contributed by atoms with Gasteiger partial charge in [-0.15, -0.1) is 0 Å². The summed E-state index contributed by atoms with van der Waals surface area (Å²) in [7, 11) is 0. The molecule has 0 spiro atoms. The van der Waals surface area contributed by atoms with E-state index >= 15 is 0 Å². The molecule has 0 fully saturated rings. The zero-order valence-corrected chi connectivity index (χ0v) is 10.9. The van der Waals surface area contributed by atoms with E-state index in [2.05, 4.69) is 15.5 Å². The molecular weight excluding hydrogens is 226 g/mol. The van der Waals surface area contributed by atoms with E-state index in [0.29, 0.717) is 12.1 Å². The highest BCUT2D eigenvalue weighted by molar-refractivity contribution is 5.96. The van der Waals surface area contributed by atoms with E-state index in [9.17, 15) is 4.79 Å². The lowest BCUT2D eigenvalue weighted by molar-refractivity contribution is 0.0949. The summed E-state index contributed by atoms with van der Waals surface area (Å²) in [5.74, 6) is -0.0815. The summed E-state index contributed by atoms with van der Waals surface area (Å²) >= 11 is 0. The first kappa shape index (κ1) is 12.4. The fourth-order valence-electron chi connectivity index (χ4n) is 1.96. The molecule has 0 atom stereocenters. The molecule has 0 bridgehead atoms. The van der Waals surface area contributed by atoms with Gasteiger partial charge in [0.15, 0.2) is 0 Å². The van der Waals surface area contributed by atoms with E-state index in [4.69, 9.17) is 0 Å². The molecular formula is C14H17N3O. The van der Waals surface area contributed by atoms with E-state index in [-0.39, 0.29) is 5.91 Å². The Balaban J connectivity index is 2.08. The average Bonchev–Trinajstić information content (AvgIpc) is 2.68. The summed E-state index contributed by atoms with van der Waals surface area (Å²) in [5.41, 5.74) is 4.48. The number of aryl methyl sites for hydroxylation is 3. The molecule has 0 aliphatic carbocycles. The Bertz CT molecular complexity index is 553. The van der Waals surface area contributed by atoms with Crippen molar-refractivity contribution in [2.75, 3.05) is 0 Å². The lowest BCUT2D eigenvalue weighted by Crippen LogP contribution is -2.24. The standard InChI is InChI=1S/C14H17N3O/c1-9-6-4-5-7-12(9)8-15-14(18)13-10(2)16-17-11(13)3/h4-7H,8H2,1-3H3,(H,15,18)(H,16,17). The topological polar surface area (TPSA) is 57.8 Å². The van der Waals surface area contributed by atoms with Crippen LogP contribution < -0.4 is 5.32 Å². The smallest absolute Gasteiger partial charge is 0.255 e. The zero-order chi connectivity index (χ0) is 13.1. The molecule has 2 rings (SSSR count). The minimum absolute atomic E-state index is 0.0815. The number of carbonyl (C=O) groups is 1. The monoisotopic (exact) mass is 243 g/mol. The van der Waals surface area contributed by atoms with Crippen molar-refractivity contribution in [3.05, 3.63) is 52.3 Å². The number of rotatable bonds is 3. The van der Waals surface area contributed by atoms with Gasteiger partial charge in [0, 0.05) is 12.2 Å². The van der Waals surface area contributed by atoms with Gasteiger partial charge in [-0.3, -0.25) is 9.89 Å². The number of benzene rings is 1. The summed E-state index contributed by atoms with van der Waals surface area (Å²) in [6, 6.07) is 8.02. The molecule has 1 aromatic carbocycles. The second-order valence-electron chi connectivity index (χ2n) is 4.42. The summed E-state index contributed by atoms with van der Waals surface area (Å²) in [6.07, 6.45) is 0. The van der Waals surface area contributed by atoms with E-state index in [0.717, 1.165) is 17.0 Å². The Morgan fingerprint density at radius 3 is 2.61 bits per heavy atom. The van der Waals surface area contributed by atoms with E-state index in [1.165, 1.54) is 5.56 Å². The van der Waals surface area contributed by atoms with Crippen molar-refractivity contribution in [3.63, 3.8) is 0 Å². The molecule has 2 aromatic rings. The predicted molar refractivity (Wildman–Crippen MR) is 70.4 cm³/mol. The Hall–Kier alpha value is -2.10. The number of amides is 1. The highest BCUT2D eigenvalue weighted by Crippen LogP contribution is 2.10. The fraction of sp³-hybridized carbons (Fsp3) is 0.286. The molecule has 0 aliphatic rings. The molecule has 94 valence electrons. The minimum atomic E-state index is -0.0815. The van der Waals surface area contributed by atoms with Gasteiger partial charge < -0.3 is 5.32 Å². The number of H-pyrrole nitrogens is 1. The van der Waals surface area contributed by atoms with Crippen molar-refractivity contribution in [1.29, 1.82) is 0 Å². The normalized spacial score (nSPS) is 10.4. The SMILES string of the molecule is Cc1ccccc1CNC(=O)c1c(C)n[nH]c1C. The molecule has 1 amide bonds. The number of hydrogen-bond acceptors (Lipinski definition) is 2. The summed E-state index contributed by atoms with van der Waals surface area (Å²) in [6.45, 7) is 6.25. The zero-order valence-electron chi connectivity index (χ0n) is 10.9. The maximum atomic E-state index is 12.1. The molecule has 0 saturated heterocycles. The molecule has 1 aromatic heterocycles. The van der Waals surface area contributed by atoms with Gasteiger partial charge in [-0.2, -0.15) is 5.10 Å². The summed E-state index contributed by atoms with van der Waals surface area (Å²) < 4.78 is 0. The van der Waals surface area contributed by atoms with Crippen molar-refractivity contribution in [1.82, 2.24) is 15.5 Å². The van der Waals surface area contributed by atoms with Crippen LogP contribution in [0, 0.1) is 20.8 Å². The molecule has 0 unspecified atom stereocenters. The summed E-state index contributed by atoms with van der Waals surface area (Å²) in [5, 5.41) is 9.77. The van der Waals surface area contributed by atoms with Crippen LogP contribution >= 0.6 is 0 Å². The van der Waals surface area contributed by atoms with Crippen LogP contribution in [-0.4, -0.2) is 16.1 Å². The van der Waals surface area contributed by atoms with Gasteiger partial charge in [0.05, 0.1) is 11.3 Å². The van der Waals surface area contributed by atoms with E-state index in [1.54, 1.807) is 0 Å². The van der Waals surface area contributed by atoms with Crippen molar-refractivity contribution in [2.45, 2.75) is 27.3 Å². The Kier molecular flexibility index (Phi) is 3.46. The highest BCUT2D eigenvalue weighted by atomic mass is 16.1. The van der Waals surface area contributed by atoms with Gasteiger partial charge in [-0.05, 0) is 31.9 Å². The Morgan fingerprint density at radius 1 is 1.28 bits per heavy atom. The van der Waals surface area contributed by atoms with Crippen LogP contribution in [0.3, 0.4) is 0 Å². The van der Waals surface area contributed by atoms with Gasteiger partial charge >= 0.3 is 0 Å². The van der Waals surface area contributed by atoms with Gasteiger partial charge in [-0.1, -0.05) is 24.3 Å². The highest BCUT2D eigenvalue weighted by Gasteiger charge is 2.14. The van der Waals surface area contributed by atoms with Crippen molar-refractivity contribution in [2.24, 2.45) is 0 Å². The average molecular weight is 243 g/mol. The minimum Gasteiger partial charge on any atom is -0.348 e. The third-order valence-electron chi connectivity index (χ3n) is 3.06. The van der Waals surface area contributed by atoms with Crippen LogP contribution in [0.15, 0.2) is 24.3 Å². The maximum Gasteiger partial charge on any atom is 0.255 e. The number of nitrogens with one attached hydrogen (secondary N) is 2. The van der Waals surface area contributed by atoms with E-state index < -0.39 is 0 Å². The third-order valence-corrected chi connectivity index (χ3v) is 3.06. The van der Waals surface area contributed by atoms with Gasteiger partial charge in [-0.25, -0.2) is 0 Å². The largest absolute Gasteiger partial charge is 0.348 e. The first-order valence-corrected chi connectivity index (χ1v) is 5.94. The second-order valence-corrected chi connectivity index (χ2v) is 4.42. The van der Waals surface area contributed by atoms with Crippen LogP contribution in [0.1, 0.15) is 32.9 Å². The van der Waals surface area contributed by atoms with Crippen molar-refractivity contribution >= 4 is 5.91 Å². The molecule has 0 aliphatic heterocycles. The quantitative estimate of drug-likeness (QED) is 0.868. The van der Waals surface area contributed by atoms with Gasteiger partial charge in [0.25, 0.3) is 5.91 Å². The second kappa shape index (κ2) is 5.04. The lowest BCUT2D eigenvalue weighted by atomic mass is 10.1. The molecule has 18 heavy (non-hydrogen) atoms. The first-order valence-electron chi connectivity index (χ1n) is 5.94. The summed E-state index contributed by atoms with van der Waals surface area (Å²) in [4.78, 5) is 12.1. The first-order chi connectivity index (χ1) is 8.59. The van der Waals surface area contributed by atoms with Crippen LogP contribution in [0.2, 0.25) is 0 Å². The van der Waals surface area contributed by atoms with Crippen LogP contribution in [0.25, 0.3) is 0 Å². The molecule has 0 saturated carbocycles. The fourth-order valence-corrected chi connectivity index (χ4v) is 1.96. The molecule has 4 nitrogen and oxygen atoms in total. The van der Waals surface area contributed by atoms with Crippen LogP contribution in [-0.2, 0) is 6.54 Å². The lowest BCUT2D eigenvalue weighted by Gasteiger charge is -2.07. The van der Waals surface area contributed by atoms with Gasteiger partial charge in [0.1, 0.15) is 0 Å². The molecule has 0 radical (unpaired) electrons. The number of hydrogen-bond donors (Lipinski definition) is 2. The molecule has 4 heteroatoms. The molecule has 2 N–H and O–H groups in total. The third kappa shape index (κ3) is 2.42. The van der Waals surface area contributed by atoms with Gasteiger partial charge in [0.2, 0.25) is 0 Å². The maximum absolute atomic E-state index is 12.1. The van der Waals surface area contributed by atoms with E-state index in [1.807, 2.05) is 45.0 Å². The number of carbonyl (C=O) groups excluding carboxylic acids is 1. The van der Waals surface area contributed by atoms with Crippen molar-refractivity contribution in [3.8, 4) is 0 Å². The predicted octanol–water partition coefficient (Wildman–Crippen LogP) is 2.26. The Labute approximate surface area is 106 Å². The number of aromatic nitrogens is 2. The molecule has 1 heterocycles. The Morgan fingerprint density at radius 2 is 2.00 bits per heavy atom. The van der Waals surface area contributed by atoms with Crippen LogP contribution in [0.5, 0.6) is 0 Å². The van der Waals surface area contributed by atoms with Crippen molar-refractivity contribution < 1.29 is 4.79 Å². The number of aromatic amines is 1. The van der Waals surface area contributed by atoms with Crippen LogP contribution in [0.4, 0.5) is 0 Å². The number of nitrogens with zero attached hydrogens (tertiary/aromatic N) is 1.